The lowest BCUT2D eigenvalue weighted by molar-refractivity contribution is 0.0424. The maximum absolute atomic E-state index is 9.85. The van der Waals surface area contributed by atoms with Crippen LogP contribution in [0.15, 0.2) is 9.98 Å². The zero-order chi connectivity index (χ0) is 12.1. The number of nitrogens with two attached hydrogens (primary N) is 3. The summed E-state index contributed by atoms with van der Waals surface area (Å²) in [5.41, 5.74) is 14.7. The van der Waals surface area contributed by atoms with Gasteiger partial charge in [-0.05, 0) is 21.0 Å². The van der Waals surface area contributed by atoms with Crippen LogP contribution in [0.1, 0.15) is 6.92 Å². The van der Waals surface area contributed by atoms with Gasteiger partial charge in [0.05, 0.1) is 12.1 Å². The third-order valence-electron chi connectivity index (χ3n) is 1.48. The zero-order valence-electron chi connectivity index (χ0n) is 9.44. The first-order chi connectivity index (χ1) is 6.73. The SMILES string of the molecule is CN(C)CC(C)(O)CN=C(N)N=C(N)N. The molecule has 7 N–H and O–H groups in total. The predicted molar refractivity (Wildman–Crippen MR) is 61.5 cm³/mol. The van der Waals surface area contributed by atoms with E-state index in [2.05, 4.69) is 9.98 Å². The van der Waals surface area contributed by atoms with E-state index in [1.165, 1.54) is 0 Å². The molecule has 0 fully saturated rings. The molecule has 15 heavy (non-hydrogen) atoms. The van der Waals surface area contributed by atoms with Crippen molar-refractivity contribution in [1.29, 1.82) is 0 Å². The second kappa shape index (κ2) is 5.52. The third-order valence-corrected chi connectivity index (χ3v) is 1.48. The molecular formula is C8H20N6O. The van der Waals surface area contributed by atoms with Gasteiger partial charge in [0.2, 0.25) is 5.96 Å². The topological polar surface area (TPSA) is 126 Å². The Hall–Kier alpha value is -1.34. The molecule has 0 aliphatic heterocycles. The van der Waals surface area contributed by atoms with Crippen LogP contribution < -0.4 is 17.2 Å². The molecule has 0 aliphatic carbocycles. The monoisotopic (exact) mass is 216 g/mol. The molecule has 0 amide bonds. The van der Waals surface area contributed by atoms with E-state index in [1.807, 2.05) is 19.0 Å². The van der Waals surface area contributed by atoms with Gasteiger partial charge in [-0.25, -0.2) is 4.99 Å². The molecule has 0 aromatic carbocycles. The first kappa shape index (κ1) is 13.7. The van der Waals surface area contributed by atoms with Crippen LogP contribution >= 0.6 is 0 Å². The van der Waals surface area contributed by atoms with E-state index in [1.54, 1.807) is 6.92 Å². The summed E-state index contributed by atoms with van der Waals surface area (Å²) in [6.07, 6.45) is 0. The highest BCUT2D eigenvalue weighted by atomic mass is 16.3. The number of likely N-dealkylation sites (N-methyl/N-ethyl adjacent to an activating group) is 1. The van der Waals surface area contributed by atoms with Crippen LogP contribution in [0.5, 0.6) is 0 Å². The number of aliphatic imine (C=N–C) groups is 2. The summed E-state index contributed by atoms with van der Waals surface area (Å²) in [4.78, 5) is 9.25. The zero-order valence-corrected chi connectivity index (χ0v) is 9.44. The van der Waals surface area contributed by atoms with Crippen molar-refractivity contribution >= 4 is 11.9 Å². The van der Waals surface area contributed by atoms with Gasteiger partial charge in [0.1, 0.15) is 0 Å². The molecule has 7 nitrogen and oxygen atoms in total. The van der Waals surface area contributed by atoms with E-state index >= 15 is 0 Å². The molecule has 0 spiro atoms. The first-order valence-electron chi connectivity index (χ1n) is 4.49. The van der Waals surface area contributed by atoms with Gasteiger partial charge in [0.25, 0.3) is 0 Å². The van der Waals surface area contributed by atoms with E-state index in [9.17, 15) is 5.11 Å². The fourth-order valence-corrected chi connectivity index (χ4v) is 1.15. The fraction of sp³-hybridized carbons (Fsp3) is 0.750. The van der Waals surface area contributed by atoms with Gasteiger partial charge in [0, 0.05) is 6.54 Å². The minimum Gasteiger partial charge on any atom is -0.387 e. The quantitative estimate of drug-likeness (QED) is 0.316. The van der Waals surface area contributed by atoms with E-state index < -0.39 is 5.60 Å². The number of nitrogens with zero attached hydrogens (tertiary/aromatic N) is 3. The highest BCUT2D eigenvalue weighted by Crippen LogP contribution is 2.04. The molecule has 0 radical (unpaired) electrons. The van der Waals surface area contributed by atoms with E-state index in [-0.39, 0.29) is 18.5 Å². The highest BCUT2D eigenvalue weighted by molar-refractivity contribution is 5.92. The van der Waals surface area contributed by atoms with Crippen LogP contribution in [0.4, 0.5) is 0 Å². The normalized spacial score (nSPS) is 16.2. The molecule has 0 bridgehead atoms. The Morgan fingerprint density at radius 1 is 1.33 bits per heavy atom. The molecule has 0 aromatic rings. The lowest BCUT2D eigenvalue weighted by Crippen LogP contribution is -2.40. The van der Waals surface area contributed by atoms with Gasteiger partial charge in [0.15, 0.2) is 5.96 Å². The maximum Gasteiger partial charge on any atom is 0.218 e. The van der Waals surface area contributed by atoms with Gasteiger partial charge in [-0.15, -0.1) is 0 Å². The molecule has 7 heteroatoms. The van der Waals surface area contributed by atoms with Crippen LogP contribution in [0.25, 0.3) is 0 Å². The van der Waals surface area contributed by atoms with Crippen LogP contribution in [-0.2, 0) is 0 Å². The summed E-state index contributed by atoms with van der Waals surface area (Å²) < 4.78 is 0. The number of guanidine groups is 2. The average Bonchev–Trinajstić information content (AvgIpc) is 1.97. The van der Waals surface area contributed by atoms with Gasteiger partial charge >= 0.3 is 0 Å². The predicted octanol–water partition coefficient (Wildman–Crippen LogP) is -2.11. The van der Waals surface area contributed by atoms with E-state index in [0.29, 0.717) is 6.54 Å². The molecule has 0 saturated carbocycles. The second-order valence-corrected chi connectivity index (χ2v) is 3.95. The van der Waals surface area contributed by atoms with Gasteiger partial charge in [-0.1, -0.05) is 0 Å². The number of aliphatic hydroxyl groups is 1. The number of hydrogen-bond donors (Lipinski definition) is 4. The van der Waals surface area contributed by atoms with Crippen molar-refractivity contribution in [2.24, 2.45) is 27.2 Å². The maximum atomic E-state index is 9.85. The molecule has 88 valence electrons. The Kier molecular flexibility index (Phi) is 5.03. The van der Waals surface area contributed by atoms with Crippen LogP contribution in [0.2, 0.25) is 0 Å². The average molecular weight is 216 g/mol. The number of hydrogen-bond acceptors (Lipinski definition) is 3. The molecule has 1 unspecified atom stereocenters. The van der Waals surface area contributed by atoms with E-state index in [0.717, 1.165) is 0 Å². The standard InChI is InChI=1S/C8H20N6O/c1-8(15,5-14(2)3)4-12-7(11)13-6(9)10/h15H,4-5H2,1-3H3,(H6,9,10,11,12,13). The van der Waals surface area contributed by atoms with Crippen LogP contribution in [0, 0.1) is 0 Å². The van der Waals surface area contributed by atoms with E-state index in [4.69, 9.17) is 17.2 Å². The van der Waals surface area contributed by atoms with Gasteiger partial charge < -0.3 is 27.2 Å². The Morgan fingerprint density at radius 2 is 1.87 bits per heavy atom. The smallest absolute Gasteiger partial charge is 0.218 e. The van der Waals surface area contributed by atoms with Crippen molar-refractivity contribution in [1.82, 2.24) is 4.90 Å². The van der Waals surface area contributed by atoms with Crippen molar-refractivity contribution in [2.45, 2.75) is 12.5 Å². The summed E-state index contributed by atoms with van der Waals surface area (Å²) >= 11 is 0. The van der Waals surface area contributed by atoms with Crippen LogP contribution in [-0.4, -0.2) is 54.7 Å². The Morgan fingerprint density at radius 3 is 2.27 bits per heavy atom. The molecule has 1 atom stereocenters. The van der Waals surface area contributed by atoms with Gasteiger partial charge in [-0.3, -0.25) is 0 Å². The Balaban J connectivity index is 4.29. The second-order valence-electron chi connectivity index (χ2n) is 3.95. The lowest BCUT2D eigenvalue weighted by atomic mass is 10.1. The first-order valence-corrected chi connectivity index (χ1v) is 4.49. The molecule has 0 saturated heterocycles. The summed E-state index contributed by atoms with van der Waals surface area (Å²) in [6, 6.07) is 0. The van der Waals surface area contributed by atoms with Crippen molar-refractivity contribution < 1.29 is 5.11 Å². The lowest BCUT2D eigenvalue weighted by Gasteiger charge is -2.24. The summed E-state index contributed by atoms with van der Waals surface area (Å²) in [5.74, 6) is -0.183. The highest BCUT2D eigenvalue weighted by Gasteiger charge is 2.20. The van der Waals surface area contributed by atoms with Crippen molar-refractivity contribution in [3.05, 3.63) is 0 Å². The Bertz CT molecular complexity index is 254. The summed E-state index contributed by atoms with van der Waals surface area (Å²) in [5, 5.41) is 9.85. The molecule has 0 aliphatic rings. The van der Waals surface area contributed by atoms with Crippen molar-refractivity contribution in [3.8, 4) is 0 Å². The third kappa shape index (κ3) is 7.71. The summed E-state index contributed by atoms with van der Waals surface area (Å²) in [6.45, 7) is 2.29. The molecule has 0 rings (SSSR count). The molecular weight excluding hydrogens is 196 g/mol. The minimum atomic E-state index is -0.951. The molecule has 0 aromatic heterocycles. The fourth-order valence-electron chi connectivity index (χ4n) is 1.15. The van der Waals surface area contributed by atoms with Gasteiger partial charge in [-0.2, -0.15) is 4.99 Å². The Labute approximate surface area is 89.7 Å². The molecule has 0 heterocycles. The van der Waals surface area contributed by atoms with Crippen molar-refractivity contribution in [3.63, 3.8) is 0 Å². The largest absolute Gasteiger partial charge is 0.387 e. The van der Waals surface area contributed by atoms with Crippen molar-refractivity contribution in [2.75, 3.05) is 27.2 Å². The summed E-state index contributed by atoms with van der Waals surface area (Å²) in [7, 11) is 3.72. The minimum absolute atomic E-state index is 0.0333. The number of rotatable bonds is 4. The van der Waals surface area contributed by atoms with Crippen LogP contribution in [0.3, 0.4) is 0 Å².